The molecule has 2 atom stereocenters. The molecule has 1 saturated carbocycles. The van der Waals surface area contributed by atoms with E-state index in [9.17, 15) is 0 Å². The molecule has 0 heterocycles. The van der Waals surface area contributed by atoms with Gasteiger partial charge in [-0.05, 0) is 56.3 Å². The highest BCUT2D eigenvalue weighted by molar-refractivity contribution is 4.96. The first kappa shape index (κ1) is 8.34. The molecule has 2 aliphatic rings. The maximum absolute atomic E-state index is 2.50. The molecule has 0 aromatic heterocycles. The van der Waals surface area contributed by atoms with Crippen molar-refractivity contribution in [1.29, 1.82) is 0 Å². The third-order valence-electron chi connectivity index (χ3n) is 4.02. The van der Waals surface area contributed by atoms with Crippen molar-refractivity contribution in [2.75, 3.05) is 0 Å². The van der Waals surface area contributed by atoms with E-state index in [2.05, 4.69) is 19.1 Å². The standard InChI is InChI=1S/C12H20/c1-12-9-6-4-2-3-5-7-11(12)8-10-12/h2,4,11H,3,5-10H2,1H3/b4-2-. The van der Waals surface area contributed by atoms with Crippen LogP contribution in [0.1, 0.15) is 51.9 Å². The Morgan fingerprint density at radius 1 is 1.08 bits per heavy atom. The van der Waals surface area contributed by atoms with Gasteiger partial charge in [0.05, 0.1) is 0 Å². The molecule has 2 rings (SSSR count). The summed E-state index contributed by atoms with van der Waals surface area (Å²) in [7, 11) is 0. The largest absolute Gasteiger partial charge is 0.0885 e. The first-order valence-electron chi connectivity index (χ1n) is 5.46. The lowest BCUT2D eigenvalue weighted by molar-refractivity contribution is 0.0346. The summed E-state index contributed by atoms with van der Waals surface area (Å²) < 4.78 is 0. The van der Waals surface area contributed by atoms with Gasteiger partial charge in [0.25, 0.3) is 0 Å². The SMILES string of the molecule is CC12CC/C=C\CCCC1CC2. The summed E-state index contributed by atoms with van der Waals surface area (Å²) in [4.78, 5) is 0. The summed E-state index contributed by atoms with van der Waals surface area (Å²) in [5.41, 5.74) is 0.731. The van der Waals surface area contributed by atoms with Gasteiger partial charge in [0.1, 0.15) is 0 Å². The Bertz CT molecular complexity index is 180. The number of hydrogen-bond acceptors (Lipinski definition) is 0. The summed E-state index contributed by atoms with van der Waals surface area (Å²) in [5, 5.41) is 0. The second-order valence-electron chi connectivity index (χ2n) is 4.83. The fourth-order valence-corrected chi connectivity index (χ4v) is 2.79. The van der Waals surface area contributed by atoms with Gasteiger partial charge in [-0.2, -0.15) is 0 Å². The van der Waals surface area contributed by atoms with Crippen LogP contribution < -0.4 is 0 Å². The molecule has 0 radical (unpaired) electrons. The van der Waals surface area contributed by atoms with E-state index in [0.717, 1.165) is 11.3 Å². The van der Waals surface area contributed by atoms with Crippen LogP contribution in [0.3, 0.4) is 0 Å². The predicted molar refractivity (Wildman–Crippen MR) is 53.1 cm³/mol. The molecule has 2 unspecified atom stereocenters. The minimum absolute atomic E-state index is 0.731. The molecule has 0 N–H and O–H groups in total. The maximum atomic E-state index is 2.50. The zero-order valence-electron chi connectivity index (χ0n) is 8.18. The van der Waals surface area contributed by atoms with Gasteiger partial charge in [0.2, 0.25) is 0 Å². The van der Waals surface area contributed by atoms with Crippen molar-refractivity contribution in [2.24, 2.45) is 11.3 Å². The van der Waals surface area contributed by atoms with Gasteiger partial charge >= 0.3 is 0 Å². The monoisotopic (exact) mass is 164 g/mol. The average Bonchev–Trinajstić information content (AvgIpc) is 2.10. The third-order valence-corrected chi connectivity index (χ3v) is 4.02. The van der Waals surface area contributed by atoms with Crippen molar-refractivity contribution in [2.45, 2.75) is 51.9 Å². The van der Waals surface area contributed by atoms with E-state index in [0.29, 0.717) is 0 Å². The summed E-state index contributed by atoms with van der Waals surface area (Å²) >= 11 is 0. The molecular weight excluding hydrogens is 144 g/mol. The smallest absolute Gasteiger partial charge is 0.0294 e. The van der Waals surface area contributed by atoms with E-state index in [1.807, 2.05) is 0 Å². The molecule has 1 fully saturated rings. The van der Waals surface area contributed by atoms with Crippen LogP contribution >= 0.6 is 0 Å². The normalized spacial score (nSPS) is 44.6. The van der Waals surface area contributed by atoms with Gasteiger partial charge in [-0.1, -0.05) is 19.1 Å². The van der Waals surface area contributed by atoms with Crippen LogP contribution in [0.25, 0.3) is 0 Å². The van der Waals surface area contributed by atoms with E-state index in [4.69, 9.17) is 0 Å². The van der Waals surface area contributed by atoms with Crippen molar-refractivity contribution >= 4 is 0 Å². The quantitative estimate of drug-likeness (QED) is 0.476. The number of rotatable bonds is 0. The maximum Gasteiger partial charge on any atom is -0.0294 e. The van der Waals surface area contributed by atoms with Gasteiger partial charge in [0.15, 0.2) is 0 Å². The third kappa shape index (κ3) is 1.44. The van der Waals surface area contributed by atoms with Crippen LogP contribution in [0.4, 0.5) is 0 Å². The molecule has 0 aromatic rings. The van der Waals surface area contributed by atoms with E-state index < -0.39 is 0 Å². The molecule has 0 saturated heterocycles. The highest BCUT2D eigenvalue weighted by Gasteiger charge is 2.40. The molecule has 0 spiro atoms. The second kappa shape index (κ2) is 3.24. The van der Waals surface area contributed by atoms with Crippen molar-refractivity contribution < 1.29 is 0 Å². The first-order chi connectivity index (χ1) is 5.81. The Balaban J connectivity index is 1.98. The van der Waals surface area contributed by atoms with E-state index in [1.165, 1.54) is 44.9 Å². The van der Waals surface area contributed by atoms with Crippen molar-refractivity contribution in [3.8, 4) is 0 Å². The second-order valence-corrected chi connectivity index (χ2v) is 4.83. The van der Waals surface area contributed by atoms with Crippen LogP contribution in [0.2, 0.25) is 0 Å². The van der Waals surface area contributed by atoms with Gasteiger partial charge in [-0.3, -0.25) is 0 Å². The molecule has 0 heteroatoms. The Morgan fingerprint density at radius 3 is 2.67 bits per heavy atom. The molecule has 0 aromatic carbocycles. The number of fused-ring (bicyclic) bond motifs is 1. The van der Waals surface area contributed by atoms with Crippen molar-refractivity contribution in [3.63, 3.8) is 0 Å². The molecular formula is C12H20. The summed E-state index contributed by atoms with van der Waals surface area (Å²) in [5.74, 6) is 1.07. The Kier molecular flexibility index (Phi) is 2.25. The van der Waals surface area contributed by atoms with E-state index >= 15 is 0 Å². The van der Waals surface area contributed by atoms with E-state index in [1.54, 1.807) is 0 Å². The minimum Gasteiger partial charge on any atom is -0.0885 e. The number of hydrogen-bond donors (Lipinski definition) is 0. The van der Waals surface area contributed by atoms with Crippen LogP contribution in [-0.2, 0) is 0 Å². The van der Waals surface area contributed by atoms with Crippen LogP contribution in [0.5, 0.6) is 0 Å². The average molecular weight is 164 g/mol. The lowest BCUT2D eigenvalue weighted by atomic mass is 9.58. The zero-order chi connectivity index (χ0) is 8.44. The van der Waals surface area contributed by atoms with E-state index in [-0.39, 0.29) is 0 Å². The Hall–Kier alpha value is -0.260. The molecule has 0 amide bonds. The van der Waals surface area contributed by atoms with Crippen molar-refractivity contribution in [3.05, 3.63) is 12.2 Å². The van der Waals surface area contributed by atoms with Crippen molar-refractivity contribution in [1.82, 2.24) is 0 Å². The molecule has 0 bridgehead atoms. The molecule has 68 valence electrons. The predicted octanol–water partition coefficient (Wildman–Crippen LogP) is 3.92. The molecule has 2 aliphatic carbocycles. The number of allylic oxidation sites excluding steroid dienone is 2. The lowest BCUT2D eigenvalue weighted by Crippen LogP contribution is -2.37. The molecule has 0 nitrogen and oxygen atoms in total. The molecule has 0 aliphatic heterocycles. The fourth-order valence-electron chi connectivity index (χ4n) is 2.79. The summed E-state index contributed by atoms with van der Waals surface area (Å²) in [6.07, 6.45) is 14.8. The van der Waals surface area contributed by atoms with Gasteiger partial charge in [-0.25, -0.2) is 0 Å². The zero-order valence-corrected chi connectivity index (χ0v) is 8.18. The highest BCUT2D eigenvalue weighted by Crippen LogP contribution is 2.52. The first-order valence-corrected chi connectivity index (χ1v) is 5.46. The van der Waals surface area contributed by atoms with Gasteiger partial charge in [0, 0.05) is 0 Å². The minimum atomic E-state index is 0.731. The Morgan fingerprint density at radius 2 is 1.92 bits per heavy atom. The lowest BCUT2D eigenvalue weighted by Gasteiger charge is -2.47. The topological polar surface area (TPSA) is 0 Å². The van der Waals surface area contributed by atoms with Crippen LogP contribution in [-0.4, -0.2) is 0 Å². The summed E-state index contributed by atoms with van der Waals surface area (Å²) in [6, 6.07) is 0. The highest BCUT2D eigenvalue weighted by atomic mass is 14.5. The van der Waals surface area contributed by atoms with Gasteiger partial charge in [-0.15, -0.1) is 0 Å². The van der Waals surface area contributed by atoms with Crippen LogP contribution in [0, 0.1) is 11.3 Å². The summed E-state index contributed by atoms with van der Waals surface area (Å²) in [6.45, 7) is 2.50. The van der Waals surface area contributed by atoms with Crippen LogP contribution in [0.15, 0.2) is 12.2 Å². The fraction of sp³-hybridized carbons (Fsp3) is 0.833. The Labute approximate surface area is 76.1 Å². The molecule has 12 heavy (non-hydrogen) atoms. The van der Waals surface area contributed by atoms with Gasteiger partial charge < -0.3 is 0 Å².